The Morgan fingerprint density at radius 2 is 1.87 bits per heavy atom. The van der Waals surface area contributed by atoms with Gasteiger partial charge in [-0.2, -0.15) is 18.3 Å². The molecule has 1 aromatic carbocycles. The van der Waals surface area contributed by atoms with Crippen molar-refractivity contribution in [1.29, 1.82) is 0 Å². The maximum absolute atomic E-state index is 14.8. The van der Waals surface area contributed by atoms with Gasteiger partial charge in [0.2, 0.25) is 11.9 Å². The molecule has 0 aliphatic heterocycles. The summed E-state index contributed by atoms with van der Waals surface area (Å²) in [6.07, 6.45) is 3.98. The molecule has 4 aromatic rings. The molecule has 9 nitrogen and oxygen atoms in total. The first-order valence-corrected chi connectivity index (χ1v) is 12.0. The van der Waals surface area contributed by atoms with Gasteiger partial charge in [0, 0.05) is 30.2 Å². The minimum atomic E-state index is -4.46. The quantitative estimate of drug-likeness (QED) is 0.298. The Hall–Kier alpha value is -4.29. The number of rotatable bonds is 8. The second-order valence-corrected chi connectivity index (χ2v) is 9.55. The Morgan fingerprint density at radius 3 is 2.53 bits per heavy atom. The van der Waals surface area contributed by atoms with Crippen LogP contribution in [0.3, 0.4) is 0 Å². The smallest absolute Gasteiger partial charge is 0.358 e. The maximum atomic E-state index is 14.8. The minimum Gasteiger partial charge on any atom is -0.358 e. The van der Waals surface area contributed by atoms with Crippen molar-refractivity contribution in [3.8, 4) is 11.1 Å². The molecule has 6 rings (SSSR count). The van der Waals surface area contributed by atoms with Gasteiger partial charge in [-0.05, 0) is 42.9 Å². The van der Waals surface area contributed by atoms with Crippen LogP contribution < -0.4 is 10.6 Å². The molecule has 38 heavy (non-hydrogen) atoms. The van der Waals surface area contributed by atoms with Gasteiger partial charge >= 0.3 is 6.18 Å². The van der Waals surface area contributed by atoms with Gasteiger partial charge in [0.1, 0.15) is 11.2 Å². The van der Waals surface area contributed by atoms with Gasteiger partial charge < -0.3 is 15.2 Å². The van der Waals surface area contributed by atoms with Crippen LogP contribution in [0, 0.1) is 5.82 Å². The van der Waals surface area contributed by atoms with E-state index in [-0.39, 0.29) is 36.4 Å². The number of carbonyl (C=O) groups excluding carboxylic acids is 1. The third kappa shape index (κ3) is 4.71. The normalized spacial score (nSPS) is 16.3. The molecule has 0 spiro atoms. The van der Waals surface area contributed by atoms with Crippen molar-refractivity contribution >= 4 is 23.4 Å². The van der Waals surface area contributed by atoms with Crippen LogP contribution in [0.25, 0.3) is 11.1 Å². The van der Waals surface area contributed by atoms with Crippen LogP contribution in [-0.4, -0.2) is 37.0 Å². The number of aromatic nitrogens is 5. The van der Waals surface area contributed by atoms with Crippen molar-refractivity contribution in [2.75, 3.05) is 10.6 Å². The lowest BCUT2D eigenvalue weighted by Crippen LogP contribution is -2.28. The predicted octanol–water partition coefficient (Wildman–Crippen LogP) is 5.32. The zero-order valence-corrected chi connectivity index (χ0v) is 19.8. The van der Waals surface area contributed by atoms with Crippen LogP contribution in [0.4, 0.5) is 35.0 Å². The van der Waals surface area contributed by atoms with Crippen molar-refractivity contribution < 1.29 is 26.9 Å². The van der Waals surface area contributed by atoms with Crippen molar-refractivity contribution in [1.82, 2.24) is 24.9 Å². The number of amides is 1. The highest BCUT2D eigenvalue weighted by molar-refractivity contribution is 5.91. The molecule has 13 heteroatoms. The van der Waals surface area contributed by atoms with Crippen LogP contribution in [0.1, 0.15) is 43.0 Å². The number of halogens is 4. The number of nitrogens with one attached hydrogen (secondary N) is 2. The van der Waals surface area contributed by atoms with E-state index in [0.717, 1.165) is 24.6 Å². The minimum absolute atomic E-state index is 0.0903. The van der Waals surface area contributed by atoms with Crippen molar-refractivity contribution in [3.63, 3.8) is 0 Å². The summed E-state index contributed by atoms with van der Waals surface area (Å²) in [7, 11) is 0. The molecule has 0 radical (unpaired) electrons. The zero-order chi connectivity index (χ0) is 26.5. The first-order valence-electron chi connectivity index (χ1n) is 12.0. The first kappa shape index (κ1) is 24.1. The SMILES string of the molecule is O=C(Cc1ccc(-c2cnc(Nc3cnn(C4CC4)c3)nc2)cc1F)Nc1cc(C2(C(F)(F)F)CC2)on1. The summed E-state index contributed by atoms with van der Waals surface area (Å²) in [6, 6.07) is 5.88. The number of hydrogen-bond donors (Lipinski definition) is 2. The van der Waals surface area contributed by atoms with Crippen molar-refractivity contribution in [2.24, 2.45) is 0 Å². The molecule has 2 aliphatic carbocycles. The Balaban J connectivity index is 1.07. The number of benzene rings is 1. The summed E-state index contributed by atoms with van der Waals surface area (Å²) >= 11 is 0. The highest BCUT2D eigenvalue weighted by Crippen LogP contribution is 2.59. The number of nitrogens with zero attached hydrogens (tertiary/aromatic N) is 5. The lowest BCUT2D eigenvalue weighted by Gasteiger charge is -2.14. The van der Waals surface area contributed by atoms with Gasteiger partial charge in [0.25, 0.3) is 0 Å². The van der Waals surface area contributed by atoms with Crippen molar-refractivity contribution in [2.45, 2.75) is 49.7 Å². The average Bonchev–Trinajstić information content (AvgIpc) is 3.80. The van der Waals surface area contributed by atoms with Gasteiger partial charge in [-0.25, -0.2) is 14.4 Å². The second-order valence-electron chi connectivity index (χ2n) is 9.55. The number of anilines is 3. The van der Waals surface area contributed by atoms with E-state index in [0.29, 0.717) is 23.1 Å². The van der Waals surface area contributed by atoms with E-state index < -0.39 is 23.3 Å². The molecule has 0 bridgehead atoms. The van der Waals surface area contributed by atoms with E-state index >= 15 is 0 Å². The van der Waals surface area contributed by atoms with Crippen LogP contribution >= 0.6 is 0 Å². The van der Waals surface area contributed by atoms with E-state index in [1.165, 1.54) is 12.1 Å². The monoisotopic (exact) mass is 527 g/mol. The van der Waals surface area contributed by atoms with Gasteiger partial charge in [0.15, 0.2) is 11.6 Å². The fourth-order valence-electron chi connectivity index (χ4n) is 4.20. The lowest BCUT2D eigenvalue weighted by atomic mass is 10.0. The summed E-state index contributed by atoms with van der Waals surface area (Å²) in [6.45, 7) is 0. The molecule has 1 amide bonds. The van der Waals surface area contributed by atoms with E-state index in [1.807, 2.05) is 10.9 Å². The Morgan fingerprint density at radius 1 is 1.11 bits per heavy atom. The molecule has 3 aromatic heterocycles. The fourth-order valence-corrected chi connectivity index (χ4v) is 4.20. The molecular weight excluding hydrogens is 506 g/mol. The fraction of sp³-hybridized carbons (Fsp3) is 0.320. The van der Waals surface area contributed by atoms with Gasteiger partial charge in [-0.15, -0.1) is 0 Å². The van der Waals surface area contributed by atoms with E-state index in [9.17, 15) is 22.4 Å². The first-order chi connectivity index (χ1) is 18.2. The zero-order valence-electron chi connectivity index (χ0n) is 19.8. The number of hydrogen-bond acceptors (Lipinski definition) is 7. The molecule has 3 heterocycles. The van der Waals surface area contributed by atoms with Gasteiger partial charge in [-0.1, -0.05) is 17.3 Å². The second kappa shape index (κ2) is 8.92. The van der Waals surface area contributed by atoms with E-state index in [2.05, 4.69) is 30.9 Å². The molecule has 0 atom stereocenters. The standard InChI is InChI=1S/C25H21F4N7O2/c26-19-7-14(16-10-30-23(31-11-16)33-17-12-32-36(13-17)18-3-4-18)1-2-15(19)8-22(37)34-21-9-20(38-35-21)24(5-6-24)25(27,28)29/h1-2,7,9-13,18H,3-6,8H2,(H,30,31,33)(H,34,35,37). The summed E-state index contributed by atoms with van der Waals surface area (Å²) in [5.41, 5.74) is -0.0681. The third-order valence-corrected chi connectivity index (χ3v) is 6.71. The molecule has 2 fully saturated rings. The molecule has 2 aliphatic rings. The molecule has 196 valence electrons. The molecule has 2 N–H and O–H groups in total. The van der Waals surface area contributed by atoms with Crippen molar-refractivity contribution in [3.05, 3.63) is 66.2 Å². The van der Waals surface area contributed by atoms with Gasteiger partial charge in [0.05, 0.1) is 24.3 Å². The summed E-state index contributed by atoms with van der Waals surface area (Å²) in [5, 5.41) is 13.3. The lowest BCUT2D eigenvalue weighted by molar-refractivity contribution is -0.165. The van der Waals surface area contributed by atoms with E-state index in [4.69, 9.17) is 4.52 Å². The largest absolute Gasteiger partial charge is 0.401 e. The number of alkyl halides is 3. The number of carbonyl (C=O) groups is 1. The maximum Gasteiger partial charge on any atom is 0.401 e. The third-order valence-electron chi connectivity index (χ3n) is 6.71. The molecule has 0 saturated heterocycles. The summed E-state index contributed by atoms with van der Waals surface area (Å²) in [5.74, 6) is -1.38. The Labute approximate surface area is 213 Å². The summed E-state index contributed by atoms with van der Waals surface area (Å²) in [4.78, 5) is 20.9. The van der Waals surface area contributed by atoms with Crippen LogP contribution in [0.2, 0.25) is 0 Å². The highest BCUT2D eigenvalue weighted by atomic mass is 19.4. The molecule has 2 saturated carbocycles. The van der Waals surface area contributed by atoms with Gasteiger partial charge in [-0.3, -0.25) is 9.48 Å². The van der Waals surface area contributed by atoms with E-state index in [1.54, 1.807) is 24.7 Å². The van der Waals surface area contributed by atoms with Crippen LogP contribution in [0.5, 0.6) is 0 Å². The molecule has 0 unspecified atom stereocenters. The average molecular weight is 527 g/mol. The topological polar surface area (TPSA) is 111 Å². The van der Waals surface area contributed by atoms with Crippen LogP contribution in [-0.2, 0) is 16.6 Å². The molecular formula is C25H21F4N7O2. The Kier molecular flexibility index (Phi) is 5.65. The predicted molar refractivity (Wildman–Crippen MR) is 127 cm³/mol. The Bertz CT molecular complexity index is 1490. The van der Waals surface area contributed by atoms with Crippen LogP contribution in [0.15, 0.2) is 53.6 Å². The summed E-state index contributed by atoms with van der Waals surface area (Å²) < 4.78 is 61.2. The highest BCUT2D eigenvalue weighted by Gasteiger charge is 2.66.